The third-order valence-electron chi connectivity index (χ3n) is 5.00. The second-order valence-corrected chi connectivity index (χ2v) is 7.81. The van der Waals surface area contributed by atoms with Crippen LogP contribution in [0, 0.1) is 17.2 Å². The summed E-state index contributed by atoms with van der Waals surface area (Å²) in [6.07, 6.45) is 9.52. The molecule has 0 aromatic heterocycles. The molecule has 0 atom stereocenters. The van der Waals surface area contributed by atoms with Gasteiger partial charge in [0.15, 0.2) is 0 Å². The molecular formula is C18H25BrClF. The van der Waals surface area contributed by atoms with Crippen molar-refractivity contribution in [3.05, 3.63) is 34.1 Å². The summed E-state index contributed by atoms with van der Waals surface area (Å²) in [5.74, 6) is 1.39. The summed E-state index contributed by atoms with van der Waals surface area (Å²) in [6.45, 7) is 2.25. The molecule has 0 heterocycles. The zero-order chi connectivity index (χ0) is 15.3. The molecule has 0 bridgehead atoms. The van der Waals surface area contributed by atoms with Gasteiger partial charge in [-0.1, -0.05) is 48.2 Å². The minimum atomic E-state index is -0.109. The summed E-state index contributed by atoms with van der Waals surface area (Å²) in [6, 6.07) is 5.38. The highest BCUT2D eigenvalue weighted by atomic mass is 79.9. The third kappa shape index (κ3) is 4.69. The number of hydrogen-bond donors (Lipinski definition) is 0. The van der Waals surface area contributed by atoms with Crippen LogP contribution in [0.4, 0.5) is 4.39 Å². The van der Waals surface area contributed by atoms with Crippen molar-refractivity contribution in [2.24, 2.45) is 11.3 Å². The Morgan fingerprint density at radius 2 is 2.05 bits per heavy atom. The van der Waals surface area contributed by atoms with E-state index in [1.165, 1.54) is 32.1 Å². The number of halogens is 3. The Kier molecular flexibility index (Phi) is 6.55. The van der Waals surface area contributed by atoms with E-state index in [4.69, 9.17) is 11.6 Å². The van der Waals surface area contributed by atoms with E-state index in [1.54, 1.807) is 6.07 Å². The summed E-state index contributed by atoms with van der Waals surface area (Å²) >= 11 is 9.61. The van der Waals surface area contributed by atoms with Crippen molar-refractivity contribution in [1.82, 2.24) is 0 Å². The summed E-state index contributed by atoms with van der Waals surface area (Å²) in [5, 5.41) is 0. The van der Waals surface area contributed by atoms with E-state index < -0.39 is 0 Å². The van der Waals surface area contributed by atoms with E-state index in [0.717, 1.165) is 35.2 Å². The Bertz CT molecular complexity index is 453. The molecule has 0 radical (unpaired) electrons. The lowest BCUT2D eigenvalue weighted by Crippen LogP contribution is -2.32. The largest absolute Gasteiger partial charge is 0.207 e. The van der Waals surface area contributed by atoms with Crippen molar-refractivity contribution < 1.29 is 4.39 Å². The van der Waals surface area contributed by atoms with Crippen LogP contribution < -0.4 is 0 Å². The summed E-state index contributed by atoms with van der Waals surface area (Å²) in [7, 11) is 0. The van der Waals surface area contributed by atoms with Gasteiger partial charge in [-0.3, -0.25) is 0 Å². The Hall–Kier alpha value is -0.0800. The molecule has 0 saturated heterocycles. The van der Waals surface area contributed by atoms with Crippen molar-refractivity contribution in [2.75, 3.05) is 5.88 Å². The highest BCUT2D eigenvalue weighted by molar-refractivity contribution is 9.10. The van der Waals surface area contributed by atoms with Crippen molar-refractivity contribution in [3.8, 4) is 0 Å². The second-order valence-electron chi connectivity index (χ2n) is 6.63. The number of rotatable bonds is 6. The van der Waals surface area contributed by atoms with Crippen LogP contribution in [0.25, 0.3) is 0 Å². The van der Waals surface area contributed by atoms with Crippen molar-refractivity contribution >= 4 is 27.5 Å². The minimum Gasteiger partial charge on any atom is -0.207 e. The quantitative estimate of drug-likeness (QED) is 0.483. The molecule has 1 aliphatic carbocycles. The predicted octanol–water partition coefficient (Wildman–Crippen LogP) is 6.74. The molecular weight excluding hydrogens is 351 g/mol. The first kappa shape index (κ1) is 17.3. The van der Waals surface area contributed by atoms with Crippen LogP contribution >= 0.6 is 27.5 Å². The van der Waals surface area contributed by atoms with Gasteiger partial charge in [0.1, 0.15) is 5.82 Å². The Labute approximate surface area is 141 Å². The second kappa shape index (κ2) is 7.97. The van der Waals surface area contributed by atoms with Gasteiger partial charge in [-0.2, -0.15) is 0 Å². The summed E-state index contributed by atoms with van der Waals surface area (Å²) < 4.78 is 14.9. The number of hydrogen-bond acceptors (Lipinski definition) is 0. The van der Waals surface area contributed by atoms with E-state index in [0.29, 0.717) is 5.88 Å². The van der Waals surface area contributed by atoms with Gasteiger partial charge < -0.3 is 0 Å². The van der Waals surface area contributed by atoms with Crippen LogP contribution in [0.3, 0.4) is 0 Å². The van der Waals surface area contributed by atoms with Gasteiger partial charge in [0, 0.05) is 10.4 Å². The van der Waals surface area contributed by atoms with Crippen LogP contribution in [0.15, 0.2) is 22.7 Å². The molecule has 2 rings (SSSR count). The summed E-state index contributed by atoms with van der Waals surface area (Å²) in [5.41, 5.74) is 0.907. The molecule has 21 heavy (non-hydrogen) atoms. The van der Waals surface area contributed by atoms with Gasteiger partial charge in [0.05, 0.1) is 0 Å². The first-order valence-corrected chi connectivity index (χ1v) is 9.41. The molecule has 0 nitrogen and oxygen atoms in total. The van der Waals surface area contributed by atoms with Gasteiger partial charge in [-0.15, -0.1) is 11.6 Å². The van der Waals surface area contributed by atoms with Crippen molar-refractivity contribution in [1.29, 1.82) is 0 Å². The van der Waals surface area contributed by atoms with Gasteiger partial charge in [0.2, 0.25) is 0 Å². The van der Waals surface area contributed by atoms with E-state index in [-0.39, 0.29) is 11.2 Å². The first-order chi connectivity index (χ1) is 10.1. The molecule has 1 aliphatic rings. The highest BCUT2D eigenvalue weighted by Crippen LogP contribution is 2.44. The Balaban J connectivity index is 1.99. The molecule has 1 aromatic rings. The molecule has 0 N–H and O–H groups in total. The van der Waals surface area contributed by atoms with Crippen LogP contribution in [0.1, 0.15) is 57.4 Å². The van der Waals surface area contributed by atoms with E-state index in [9.17, 15) is 4.39 Å². The maximum absolute atomic E-state index is 14.1. The number of alkyl halides is 1. The summed E-state index contributed by atoms with van der Waals surface area (Å²) in [4.78, 5) is 0. The average molecular weight is 376 g/mol. The van der Waals surface area contributed by atoms with E-state index in [2.05, 4.69) is 22.9 Å². The molecule has 1 saturated carbocycles. The molecule has 0 aliphatic heterocycles. The lowest BCUT2D eigenvalue weighted by atomic mass is 9.68. The van der Waals surface area contributed by atoms with Crippen LogP contribution in [0.2, 0.25) is 0 Å². The maximum Gasteiger partial charge on any atom is 0.127 e. The average Bonchev–Trinajstić information content (AvgIpc) is 2.49. The molecule has 118 valence electrons. The van der Waals surface area contributed by atoms with Gasteiger partial charge in [0.25, 0.3) is 0 Å². The normalized spacial score (nSPS) is 26.0. The minimum absolute atomic E-state index is 0.0962. The van der Waals surface area contributed by atoms with Crippen LogP contribution in [-0.2, 0) is 6.42 Å². The SMILES string of the molecule is CCCCC1CCC(CCl)(Cc2ccc(Br)cc2F)CC1. The van der Waals surface area contributed by atoms with Crippen molar-refractivity contribution in [3.63, 3.8) is 0 Å². The van der Waals surface area contributed by atoms with Crippen LogP contribution in [0.5, 0.6) is 0 Å². The third-order valence-corrected chi connectivity index (χ3v) is 6.06. The Morgan fingerprint density at radius 1 is 1.33 bits per heavy atom. The standard InChI is InChI=1S/C18H25BrClF/c1-2-3-4-14-7-9-18(13-20,10-8-14)12-15-5-6-16(19)11-17(15)21/h5-6,11,14H,2-4,7-10,12-13H2,1H3. The van der Waals surface area contributed by atoms with Gasteiger partial charge in [-0.25, -0.2) is 4.39 Å². The Morgan fingerprint density at radius 3 is 2.62 bits per heavy atom. The fourth-order valence-corrected chi connectivity index (χ4v) is 4.19. The highest BCUT2D eigenvalue weighted by Gasteiger charge is 2.35. The molecule has 0 amide bonds. The number of unbranched alkanes of at least 4 members (excludes halogenated alkanes) is 1. The van der Waals surface area contributed by atoms with E-state index >= 15 is 0 Å². The zero-order valence-corrected chi connectivity index (χ0v) is 15.1. The molecule has 0 unspecified atom stereocenters. The molecule has 0 spiro atoms. The monoisotopic (exact) mass is 374 g/mol. The smallest absolute Gasteiger partial charge is 0.127 e. The topological polar surface area (TPSA) is 0 Å². The van der Waals surface area contributed by atoms with Gasteiger partial charge in [-0.05, 0) is 61.1 Å². The van der Waals surface area contributed by atoms with Crippen LogP contribution in [-0.4, -0.2) is 5.88 Å². The lowest BCUT2D eigenvalue weighted by Gasteiger charge is -2.39. The first-order valence-electron chi connectivity index (χ1n) is 8.08. The fraction of sp³-hybridized carbons (Fsp3) is 0.667. The lowest BCUT2D eigenvalue weighted by molar-refractivity contribution is 0.164. The maximum atomic E-state index is 14.1. The number of benzene rings is 1. The van der Waals surface area contributed by atoms with Gasteiger partial charge >= 0.3 is 0 Å². The zero-order valence-electron chi connectivity index (χ0n) is 12.8. The van der Waals surface area contributed by atoms with E-state index in [1.807, 2.05) is 12.1 Å². The molecule has 3 heteroatoms. The van der Waals surface area contributed by atoms with Crippen molar-refractivity contribution in [2.45, 2.75) is 58.3 Å². The molecule has 1 aromatic carbocycles. The predicted molar refractivity (Wildman–Crippen MR) is 92.4 cm³/mol. The molecule has 1 fully saturated rings. The fourth-order valence-electron chi connectivity index (χ4n) is 3.50.